The summed E-state index contributed by atoms with van der Waals surface area (Å²) in [4.78, 5) is 54.4. The van der Waals surface area contributed by atoms with Gasteiger partial charge < -0.3 is 47.2 Å². The standard InChI is InChI=1S/C12H22N4O8.C2HF3O2/c1-5(19)9(13)11(22)14-2-8(20)15-6(3-17)10(21)16-7(4-18)12(23)24;3-2(4,5)1(6)7/h5-7,9,17-19H,2-4,13H2,1H3,(H,14,22)(H,15,20)(H,16,21)(H,23,24);(H,6,7)/t5?,6-,7-,9?;/m0./s1. The van der Waals surface area contributed by atoms with Crippen LogP contribution in [0.15, 0.2) is 0 Å². The summed E-state index contributed by atoms with van der Waals surface area (Å²) in [6, 6.07) is -4.31. The van der Waals surface area contributed by atoms with Crippen molar-refractivity contribution in [1.82, 2.24) is 16.0 Å². The number of aliphatic hydroxyl groups excluding tert-OH is 3. The lowest BCUT2D eigenvalue weighted by Gasteiger charge is -2.19. The van der Waals surface area contributed by atoms with Gasteiger partial charge in [0, 0.05) is 0 Å². The van der Waals surface area contributed by atoms with E-state index < -0.39 is 79.8 Å². The van der Waals surface area contributed by atoms with Crippen molar-refractivity contribution in [3.63, 3.8) is 0 Å². The SMILES string of the molecule is CC(O)C(N)C(=O)NCC(=O)N[C@@H](CO)C(=O)N[C@@H](CO)C(=O)O.O=C(O)C(F)(F)F. The van der Waals surface area contributed by atoms with Crippen LogP contribution in [0.25, 0.3) is 0 Å². The van der Waals surface area contributed by atoms with Crippen molar-refractivity contribution in [1.29, 1.82) is 0 Å². The number of hydrogen-bond acceptors (Lipinski definition) is 9. The number of aliphatic carboxylic acids is 2. The van der Waals surface area contributed by atoms with Crippen molar-refractivity contribution in [2.24, 2.45) is 5.73 Å². The number of rotatable bonds is 10. The van der Waals surface area contributed by atoms with E-state index in [1.54, 1.807) is 0 Å². The van der Waals surface area contributed by atoms with Crippen molar-refractivity contribution >= 4 is 29.7 Å². The quantitative estimate of drug-likeness (QED) is 0.149. The Morgan fingerprint density at radius 3 is 1.71 bits per heavy atom. The van der Waals surface area contributed by atoms with Gasteiger partial charge in [-0.2, -0.15) is 13.2 Å². The number of amides is 3. The number of aliphatic hydroxyl groups is 3. The molecular weight excluding hydrogens is 441 g/mol. The Hall–Kier alpha value is -3.02. The first-order valence-electron chi connectivity index (χ1n) is 8.14. The van der Waals surface area contributed by atoms with Crippen LogP contribution in [0.5, 0.6) is 0 Å². The molecule has 17 heteroatoms. The number of nitrogens with two attached hydrogens (primary N) is 1. The molecule has 0 heterocycles. The first-order valence-corrected chi connectivity index (χ1v) is 8.14. The summed E-state index contributed by atoms with van der Waals surface area (Å²) in [7, 11) is 0. The van der Waals surface area contributed by atoms with Crippen LogP contribution in [-0.2, 0) is 24.0 Å². The Bertz CT molecular complexity index is 644. The minimum atomic E-state index is -5.08. The molecule has 0 fully saturated rings. The minimum absolute atomic E-state index is 0.578. The van der Waals surface area contributed by atoms with Crippen LogP contribution in [0, 0.1) is 0 Å². The Kier molecular flexibility index (Phi) is 13.7. The molecule has 0 radical (unpaired) electrons. The molecule has 0 bridgehead atoms. The molecule has 0 aliphatic carbocycles. The number of hydrogen-bond donors (Lipinski definition) is 9. The fourth-order valence-corrected chi connectivity index (χ4v) is 1.40. The number of halogens is 3. The summed E-state index contributed by atoms with van der Waals surface area (Å²) in [6.45, 7) is -1.00. The Balaban J connectivity index is 0. The number of nitrogens with one attached hydrogen (secondary N) is 3. The van der Waals surface area contributed by atoms with Crippen LogP contribution < -0.4 is 21.7 Å². The molecule has 10 N–H and O–H groups in total. The van der Waals surface area contributed by atoms with E-state index in [4.69, 9.17) is 36.1 Å². The van der Waals surface area contributed by atoms with Crippen LogP contribution in [0.4, 0.5) is 13.2 Å². The highest BCUT2D eigenvalue weighted by Gasteiger charge is 2.38. The molecule has 0 aliphatic rings. The zero-order valence-corrected chi connectivity index (χ0v) is 15.9. The lowest BCUT2D eigenvalue weighted by Crippen LogP contribution is -2.56. The Labute approximate surface area is 172 Å². The van der Waals surface area contributed by atoms with Crippen molar-refractivity contribution in [3.05, 3.63) is 0 Å². The lowest BCUT2D eigenvalue weighted by atomic mass is 10.2. The van der Waals surface area contributed by atoms with Crippen LogP contribution >= 0.6 is 0 Å². The van der Waals surface area contributed by atoms with E-state index in [1.165, 1.54) is 6.92 Å². The van der Waals surface area contributed by atoms with Gasteiger partial charge >= 0.3 is 18.1 Å². The topological polar surface area (TPSA) is 249 Å². The van der Waals surface area contributed by atoms with Crippen LogP contribution in [0.2, 0.25) is 0 Å². The van der Waals surface area contributed by atoms with Gasteiger partial charge in [-0.1, -0.05) is 0 Å². The molecule has 0 rings (SSSR count). The van der Waals surface area contributed by atoms with Gasteiger partial charge in [-0.25, -0.2) is 9.59 Å². The maximum atomic E-state index is 11.7. The highest BCUT2D eigenvalue weighted by molar-refractivity contribution is 5.92. The largest absolute Gasteiger partial charge is 0.490 e. The van der Waals surface area contributed by atoms with E-state index in [0.717, 1.165) is 0 Å². The second-order valence-electron chi connectivity index (χ2n) is 5.67. The van der Waals surface area contributed by atoms with E-state index in [9.17, 15) is 32.3 Å². The molecule has 31 heavy (non-hydrogen) atoms. The summed E-state index contributed by atoms with van der Waals surface area (Å²) >= 11 is 0. The molecule has 3 amide bonds. The molecule has 0 aromatic heterocycles. The molecule has 4 atom stereocenters. The van der Waals surface area contributed by atoms with Crippen molar-refractivity contribution < 1.29 is 62.7 Å². The lowest BCUT2D eigenvalue weighted by molar-refractivity contribution is -0.192. The summed E-state index contributed by atoms with van der Waals surface area (Å²) in [5.41, 5.74) is 5.34. The summed E-state index contributed by atoms with van der Waals surface area (Å²) in [5, 5.41) is 48.9. The zero-order valence-electron chi connectivity index (χ0n) is 15.9. The van der Waals surface area contributed by atoms with Crippen molar-refractivity contribution in [2.45, 2.75) is 37.3 Å². The van der Waals surface area contributed by atoms with Crippen LogP contribution in [0.3, 0.4) is 0 Å². The van der Waals surface area contributed by atoms with Gasteiger partial charge in [0.2, 0.25) is 17.7 Å². The molecule has 180 valence electrons. The third-order valence-electron chi connectivity index (χ3n) is 3.12. The fraction of sp³-hybridized carbons (Fsp3) is 0.643. The Morgan fingerprint density at radius 1 is 0.935 bits per heavy atom. The number of carboxylic acid groups (broad SMARTS) is 2. The molecule has 0 spiro atoms. The molecule has 0 aromatic carbocycles. The molecule has 0 aromatic rings. The third kappa shape index (κ3) is 13.0. The minimum Gasteiger partial charge on any atom is -0.480 e. The number of carboxylic acids is 2. The monoisotopic (exact) mass is 464 g/mol. The predicted octanol–water partition coefficient (Wildman–Crippen LogP) is -4.52. The van der Waals surface area contributed by atoms with Crippen LogP contribution in [-0.4, -0.2) is 105 Å². The van der Waals surface area contributed by atoms with Gasteiger partial charge in [0.25, 0.3) is 0 Å². The smallest absolute Gasteiger partial charge is 0.480 e. The highest BCUT2D eigenvalue weighted by atomic mass is 19.4. The number of carbonyl (C=O) groups is 5. The maximum Gasteiger partial charge on any atom is 0.490 e. The molecule has 2 unspecified atom stereocenters. The van der Waals surface area contributed by atoms with E-state index in [1.807, 2.05) is 5.32 Å². The molecule has 0 aliphatic heterocycles. The van der Waals surface area contributed by atoms with Gasteiger partial charge in [0.1, 0.15) is 18.1 Å². The zero-order chi connectivity index (χ0) is 24.9. The van der Waals surface area contributed by atoms with E-state index in [-0.39, 0.29) is 0 Å². The summed E-state index contributed by atoms with van der Waals surface area (Å²) < 4.78 is 31.7. The fourth-order valence-electron chi connectivity index (χ4n) is 1.40. The Morgan fingerprint density at radius 2 is 1.39 bits per heavy atom. The van der Waals surface area contributed by atoms with Crippen molar-refractivity contribution in [3.8, 4) is 0 Å². The van der Waals surface area contributed by atoms with Gasteiger partial charge in [0.15, 0.2) is 0 Å². The number of alkyl halides is 3. The maximum absolute atomic E-state index is 11.7. The molecule has 14 nitrogen and oxygen atoms in total. The third-order valence-corrected chi connectivity index (χ3v) is 3.12. The second-order valence-corrected chi connectivity index (χ2v) is 5.67. The summed E-state index contributed by atoms with van der Waals surface area (Å²) in [6.07, 6.45) is -6.21. The van der Waals surface area contributed by atoms with Crippen LogP contribution in [0.1, 0.15) is 6.92 Å². The molecular formula is C14H23F3N4O10. The van der Waals surface area contributed by atoms with Gasteiger partial charge in [-0.05, 0) is 6.92 Å². The average molecular weight is 464 g/mol. The van der Waals surface area contributed by atoms with E-state index in [0.29, 0.717) is 0 Å². The second kappa shape index (κ2) is 14.1. The molecule has 0 saturated heterocycles. The average Bonchev–Trinajstić information content (AvgIpc) is 2.66. The first kappa shape index (κ1) is 30.2. The predicted molar refractivity (Wildman–Crippen MR) is 92.0 cm³/mol. The molecule has 0 saturated carbocycles. The first-order chi connectivity index (χ1) is 14.1. The number of carbonyl (C=O) groups excluding carboxylic acids is 3. The highest BCUT2D eigenvalue weighted by Crippen LogP contribution is 2.13. The van der Waals surface area contributed by atoms with E-state index in [2.05, 4.69) is 10.6 Å². The van der Waals surface area contributed by atoms with Crippen molar-refractivity contribution in [2.75, 3.05) is 19.8 Å². The van der Waals surface area contributed by atoms with Gasteiger partial charge in [-0.15, -0.1) is 0 Å². The van der Waals surface area contributed by atoms with Gasteiger partial charge in [0.05, 0.1) is 25.9 Å². The van der Waals surface area contributed by atoms with E-state index >= 15 is 0 Å². The van der Waals surface area contributed by atoms with Gasteiger partial charge in [-0.3, -0.25) is 14.4 Å². The summed E-state index contributed by atoms with van der Waals surface area (Å²) in [5.74, 6) is -6.93. The normalized spacial score (nSPS) is 14.6.